The molecule has 0 radical (unpaired) electrons. The number of ether oxygens (including phenoxy) is 3. The van der Waals surface area contributed by atoms with E-state index in [-0.39, 0.29) is 37.1 Å². The summed E-state index contributed by atoms with van der Waals surface area (Å²) in [4.78, 5) is 14.6. The molecule has 3 rings (SSSR count). The van der Waals surface area contributed by atoms with Crippen molar-refractivity contribution in [2.75, 3.05) is 13.7 Å². The van der Waals surface area contributed by atoms with E-state index in [1.807, 2.05) is 70.2 Å². The van der Waals surface area contributed by atoms with Crippen molar-refractivity contribution in [1.29, 1.82) is 0 Å². The first kappa shape index (κ1) is 27.5. The van der Waals surface area contributed by atoms with Gasteiger partial charge in [0.05, 0.1) is 24.1 Å². The Morgan fingerprint density at radius 3 is 2.49 bits per heavy atom. The minimum absolute atomic E-state index is 0.148. The molecule has 35 heavy (non-hydrogen) atoms. The van der Waals surface area contributed by atoms with Crippen molar-refractivity contribution in [2.24, 2.45) is 0 Å². The predicted molar refractivity (Wildman–Crippen MR) is 138 cm³/mol. The molecule has 2 aromatic rings. The number of carbonyl (C=O) groups excluding carboxylic acids is 1. The van der Waals surface area contributed by atoms with Crippen LogP contribution in [0.1, 0.15) is 51.5 Å². The van der Waals surface area contributed by atoms with Gasteiger partial charge >= 0.3 is 6.09 Å². The number of aliphatic hydroxyl groups is 1. The first-order valence-electron chi connectivity index (χ1n) is 12.4. The SMILES string of the molecule is C[C@H]1O[C@@H](c2ccc([Si](C)(C)CCO)o2)C[C@@H](N(C)C(=O)OC(C)(C)C)[C@@H]1OCc1ccccc1. The van der Waals surface area contributed by atoms with E-state index in [0.717, 1.165) is 22.8 Å². The summed E-state index contributed by atoms with van der Waals surface area (Å²) in [5.74, 6) is 0.745. The number of nitrogens with zero attached hydrogens (tertiary/aromatic N) is 1. The number of benzene rings is 1. The summed E-state index contributed by atoms with van der Waals surface area (Å²) >= 11 is 0. The van der Waals surface area contributed by atoms with Crippen LogP contribution in [0.5, 0.6) is 0 Å². The van der Waals surface area contributed by atoms with E-state index in [1.54, 1.807) is 11.9 Å². The van der Waals surface area contributed by atoms with Crippen LogP contribution in [-0.2, 0) is 20.8 Å². The van der Waals surface area contributed by atoms with Gasteiger partial charge in [0.1, 0.15) is 31.6 Å². The molecular weight excluding hydrogens is 462 g/mol. The van der Waals surface area contributed by atoms with E-state index in [4.69, 9.17) is 18.6 Å². The largest absolute Gasteiger partial charge is 0.468 e. The van der Waals surface area contributed by atoms with Crippen LogP contribution in [0.4, 0.5) is 4.79 Å². The van der Waals surface area contributed by atoms with Gasteiger partial charge in [-0.05, 0) is 51.4 Å². The Kier molecular flexibility index (Phi) is 8.85. The Labute approximate surface area is 210 Å². The highest BCUT2D eigenvalue weighted by molar-refractivity contribution is 6.88. The standard InChI is InChI=1S/C27H41NO6Si/c1-19-25(31-18-20-11-9-8-10-12-20)21(28(5)26(30)34-27(2,3)4)17-23(32-19)22-13-14-24(33-22)35(6,7)16-15-29/h8-14,19,21,23,25,29H,15-18H2,1-7H3/t19-,21-,23-,25-/m1/s1. The van der Waals surface area contributed by atoms with E-state index in [9.17, 15) is 9.90 Å². The Balaban J connectivity index is 1.83. The molecule has 4 atom stereocenters. The van der Waals surface area contributed by atoms with Gasteiger partial charge in [0.2, 0.25) is 0 Å². The van der Waals surface area contributed by atoms with Gasteiger partial charge in [0, 0.05) is 20.1 Å². The summed E-state index contributed by atoms with van der Waals surface area (Å²) < 4.78 is 24.7. The molecule has 1 amide bonds. The number of rotatable bonds is 8. The Hall–Kier alpha value is -2.13. The quantitative estimate of drug-likeness (QED) is 0.518. The molecule has 2 heterocycles. The van der Waals surface area contributed by atoms with Gasteiger partial charge in [-0.2, -0.15) is 0 Å². The van der Waals surface area contributed by atoms with Crippen LogP contribution in [-0.4, -0.2) is 61.7 Å². The number of carbonyl (C=O) groups is 1. The molecule has 7 nitrogen and oxygen atoms in total. The van der Waals surface area contributed by atoms with Gasteiger partial charge in [0.15, 0.2) is 0 Å². The average Bonchev–Trinajstić information content (AvgIpc) is 3.28. The van der Waals surface area contributed by atoms with Gasteiger partial charge in [0.25, 0.3) is 0 Å². The van der Waals surface area contributed by atoms with E-state index >= 15 is 0 Å². The molecule has 0 bridgehead atoms. The second kappa shape index (κ2) is 11.3. The van der Waals surface area contributed by atoms with Crippen molar-refractivity contribution in [3.05, 3.63) is 53.8 Å². The molecule has 8 heteroatoms. The second-order valence-corrected chi connectivity index (χ2v) is 15.8. The molecule has 1 aromatic heterocycles. The number of hydrogen-bond donors (Lipinski definition) is 1. The summed E-state index contributed by atoms with van der Waals surface area (Å²) in [6.45, 7) is 12.5. The molecule has 0 spiro atoms. The number of hydrogen-bond acceptors (Lipinski definition) is 6. The molecule has 1 aromatic carbocycles. The van der Waals surface area contributed by atoms with Crippen LogP contribution in [0, 0.1) is 0 Å². The second-order valence-electron chi connectivity index (χ2n) is 11.0. The fourth-order valence-corrected chi connectivity index (χ4v) is 6.13. The van der Waals surface area contributed by atoms with Gasteiger partial charge < -0.3 is 28.6 Å². The van der Waals surface area contributed by atoms with Crippen molar-refractivity contribution in [3.63, 3.8) is 0 Å². The first-order chi connectivity index (χ1) is 16.4. The van der Waals surface area contributed by atoms with Crippen LogP contribution in [0.3, 0.4) is 0 Å². The number of furan rings is 1. The molecule has 0 unspecified atom stereocenters. The summed E-state index contributed by atoms with van der Waals surface area (Å²) in [6.07, 6.45) is -0.791. The zero-order valence-corrected chi connectivity index (χ0v) is 23.1. The van der Waals surface area contributed by atoms with Crippen LogP contribution < -0.4 is 5.38 Å². The van der Waals surface area contributed by atoms with Gasteiger partial charge in [-0.15, -0.1) is 0 Å². The van der Waals surface area contributed by atoms with Crippen molar-refractivity contribution < 1.29 is 28.5 Å². The Morgan fingerprint density at radius 2 is 1.86 bits per heavy atom. The van der Waals surface area contributed by atoms with E-state index in [0.29, 0.717) is 13.0 Å². The lowest BCUT2D eigenvalue weighted by atomic mass is 9.93. The highest BCUT2D eigenvalue weighted by Gasteiger charge is 2.43. The van der Waals surface area contributed by atoms with Gasteiger partial charge in [-0.25, -0.2) is 4.79 Å². The molecule has 1 aliphatic heterocycles. The van der Waals surface area contributed by atoms with Crippen molar-refractivity contribution in [2.45, 2.75) is 89.8 Å². The Morgan fingerprint density at radius 1 is 1.17 bits per heavy atom. The summed E-state index contributed by atoms with van der Waals surface area (Å²) in [7, 11) is -0.106. The third kappa shape index (κ3) is 7.19. The lowest BCUT2D eigenvalue weighted by Gasteiger charge is -2.43. The molecule has 0 saturated carbocycles. The smallest absolute Gasteiger partial charge is 0.410 e. The van der Waals surface area contributed by atoms with Gasteiger partial charge in [-0.1, -0.05) is 43.4 Å². The van der Waals surface area contributed by atoms with Crippen LogP contribution in [0.2, 0.25) is 19.1 Å². The Bertz CT molecular complexity index is 954. The predicted octanol–water partition coefficient (Wildman–Crippen LogP) is 4.86. The third-order valence-corrected chi connectivity index (χ3v) is 9.56. The topological polar surface area (TPSA) is 81.4 Å². The maximum Gasteiger partial charge on any atom is 0.410 e. The van der Waals surface area contributed by atoms with Crippen molar-refractivity contribution in [1.82, 2.24) is 4.90 Å². The minimum Gasteiger partial charge on any atom is -0.468 e. The minimum atomic E-state index is -1.87. The van der Waals surface area contributed by atoms with E-state index in [2.05, 4.69) is 13.1 Å². The van der Waals surface area contributed by atoms with E-state index in [1.165, 1.54) is 0 Å². The monoisotopic (exact) mass is 503 g/mol. The van der Waals surface area contributed by atoms with Crippen LogP contribution in [0.25, 0.3) is 0 Å². The van der Waals surface area contributed by atoms with Gasteiger partial charge in [-0.3, -0.25) is 0 Å². The fraction of sp³-hybridized carbons (Fsp3) is 0.593. The maximum atomic E-state index is 13.0. The molecule has 0 aliphatic carbocycles. The number of amides is 1. The molecule has 1 aliphatic rings. The lowest BCUT2D eigenvalue weighted by Crippen LogP contribution is -2.55. The molecule has 1 N–H and O–H groups in total. The van der Waals surface area contributed by atoms with Crippen molar-refractivity contribution >= 4 is 19.6 Å². The van der Waals surface area contributed by atoms with E-state index < -0.39 is 13.7 Å². The number of likely N-dealkylation sites (N-methyl/N-ethyl adjacent to an activating group) is 1. The zero-order valence-electron chi connectivity index (χ0n) is 22.1. The zero-order chi connectivity index (χ0) is 25.8. The molecule has 1 saturated heterocycles. The molecular formula is C27H41NO6Si. The highest BCUT2D eigenvalue weighted by Crippen LogP contribution is 2.36. The summed E-state index contributed by atoms with van der Waals surface area (Å²) in [6, 6.07) is 14.4. The van der Waals surface area contributed by atoms with Crippen LogP contribution in [0.15, 0.2) is 46.9 Å². The maximum absolute atomic E-state index is 13.0. The van der Waals surface area contributed by atoms with Crippen molar-refractivity contribution in [3.8, 4) is 0 Å². The molecule has 1 fully saturated rings. The van der Waals surface area contributed by atoms with Crippen LogP contribution >= 0.6 is 0 Å². The normalized spacial score (nSPS) is 23.2. The highest BCUT2D eigenvalue weighted by atomic mass is 28.3. The lowest BCUT2D eigenvalue weighted by molar-refractivity contribution is -0.172. The summed E-state index contributed by atoms with van der Waals surface area (Å²) in [5.41, 5.74) is 0.466. The fourth-order valence-electron chi connectivity index (χ4n) is 4.40. The number of aliphatic hydroxyl groups excluding tert-OH is 1. The summed E-state index contributed by atoms with van der Waals surface area (Å²) in [5, 5.41) is 10.4. The first-order valence-corrected chi connectivity index (χ1v) is 15.6. The molecule has 194 valence electrons. The third-order valence-electron chi connectivity index (χ3n) is 6.49. The average molecular weight is 504 g/mol.